The summed E-state index contributed by atoms with van der Waals surface area (Å²) in [5, 5.41) is 0.226. The first-order valence-corrected chi connectivity index (χ1v) is 8.81. The fourth-order valence-corrected chi connectivity index (χ4v) is 5.46. The molecule has 0 spiro atoms. The van der Waals surface area contributed by atoms with Gasteiger partial charge in [0, 0.05) is 21.6 Å². The topological polar surface area (TPSA) is 52.3 Å². The third-order valence-electron chi connectivity index (χ3n) is 4.60. The molecule has 0 bridgehead atoms. The largest absolute Gasteiger partial charge is 0.492 e. The molecule has 3 rings (SSSR count). The first-order chi connectivity index (χ1) is 9.66. The van der Waals surface area contributed by atoms with Gasteiger partial charge in [-0.25, -0.2) is 0 Å². The third kappa shape index (κ3) is 2.63. The molecule has 5 atom stereocenters. The van der Waals surface area contributed by atoms with Crippen molar-refractivity contribution in [1.29, 1.82) is 0 Å². The van der Waals surface area contributed by atoms with Gasteiger partial charge >= 0.3 is 0 Å². The van der Waals surface area contributed by atoms with Crippen LogP contribution in [-0.2, 0) is 10.8 Å². The lowest BCUT2D eigenvalue weighted by atomic mass is 9.90. The lowest BCUT2D eigenvalue weighted by Crippen LogP contribution is -2.43. The van der Waals surface area contributed by atoms with E-state index in [0.29, 0.717) is 17.8 Å². The molecule has 110 valence electrons. The number of hydrogen-bond acceptors (Lipinski definition) is 3. The van der Waals surface area contributed by atoms with Crippen molar-refractivity contribution in [1.82, 2.24) is 0 Å². The number of hydrogen-bond donors (Lipinski definition) is 1. The summed E-state index contributed by atoms with van der Waals surface area (Å²) >= 11 is 0. The fourth-order valence-electron chi connectivity index (χ4n) is 3.41. The Morgan fingerprint density at radius 2 is 2.10 bits per heavy atom. The van der Waals surface area contributed by atoms with Gasteiger partial charge in [0.05, 0.1) is 11.3 Å². The fraction of sp³-hybridized carbons (Fsp3) is 0.625. The number of rotatable bonds is 2. The van der Waals surface area contributed by atoms with Gasteiger partial charge in [0.25, 0.3) is 0 Å². The van der Waals surface area contributed by atoms with Gasteiger partial charge in [-0.1, -0.05) is 38.0 Å². The highest BCUT2D eigenvalue weighted by Gasteiger charge is 2.36. The number of nitrogens with two attached hydrogens (primary N) is 1. The minimum absolute atomic E-state index is 0.0693. The van der Waals surface area contributed by atoms with Crippen LogP contribution < -0.4 is 10.5 Å². The zero-order valence-electron chi connectivity index (χ0n) is 12.0. The van der Waals surface area contributed by atoms with Crippen LogP contribution in [-0.4, -0.2) is 21.3 Å². The smallest absolute Gasteiger partial charge is 0.124 e. The monoisotopic (exact) mass is 293 g/mol. The molecule has 4 heteroatoms. The van der Waals surface area contributed by atoms with E-state index in [1.54, 1.807) is 0 Å². The van der Waals surface area contributed by atoms with Crippen molar-refractivity contribution in [3.05, 3.63) is 29.8 Å². The van der Waals surface area contributed by atoms with E-state index in [-0.39, 0.29) is 11.3 Å². The van der Waals surface area contributed by atoms with Crippen molar-refractivity contribution in [2.24, 2.45) is 11.7 Å². The Balaban J connectivity index is 1.76. The zero-order valence-corrected chi connectivity index (χ0v) is 12.8. The summed E-state index contributed by atoms with van der Waals surface area (Å²) < 4.78 is 18.6. The Labute approximate surface area is 123 Å². The van der Waals surface area contributed by atoms with Crippen molar-refractivity contribution >= 4 is 10.8 Å². The van der Waals surface area contributed by atoms with Gasteiger partial charge in [-0.2, -0.15) is 0 Å². The molecule has 2 aliphatic rings. The molecule has 1 aliphatic heterocycles. The van der Waals surface area contributed by atoms with E-state index in [0.717, 1.165) is 24.2 Å². The van der Waals surface area contributed by atoms with Crippen LogP contribution in [0, 0.1) is 5.92 Å². The molecule has 1 saturated carbocycles. The van der Waals surface area contributed by atoms with Crippen LogP contribution in [0.5, 0.6) is 5.75 Å². The van der Waals surface area contributed by atoms with Crippen LogP contribution in [0.3, 0.4) is 0 Å². The van der Waals surface area contributed by atoms with Gasteiger partial charge in [0.2, 0.25) is 0 Å². The summed E-state index contributed by atoms with van der Waals surface area (Å²) in [6.45, 7) is 2.74. The predicted octanol–water partition coefficient (Wildman–Crippen LogP) is 2.77. The van der Waals surface area contributed by atoms with Crippen LogP contribution in [0.2, 0.25) is 0 Å². The van der Waals surface area contributed by atoms with Gasteiger partial charge in [0.15, 0.2) is 0 Å². The van der Waals surface area contributed by atoms with Gasteiger partial charge < -0.3 is 10.5 Å². The predicted molar refractivity (Wildman–Crippen MR) is 82.2 cm³/mol. The second kappa shape index (κ2) is 5.86. The average Bonchev–Trinajstić information content (AvgIpc) is 2.47. The van der Waals surface area contributed by atoms with Gasteiger partial charge in [-0.15, -0.1) is 0 Å². The molecule has 0 aromatic heterocycles. The number of para-hydroxylation sites is 1. The summed E-state index contributed by atoms with van der Waals surface area (Å²) in [6.07, 6.45) is 4.60. The van der Waals surface area contributed by atoms with E-state index in [9.17, 15) is 4.21 Å². The summed E-state index contributed by atoms with van der Waals surface area (Å²) in [5.74, 6) is 1.54. The Kier molecular flexibility index (Phi) is 4.13. The van der Waals surface area contributed by atoms with E-state index in [1.807, 2.05) is 24.3 Å². The van der Waals surface area contributed by atoms with Crippen molar-refractivity contribution in [2.75, 3.05) is 6.61 Å². The minimum Gasteiger partial charge on any atom is -0.492 e. The van der Waals surface area contributed by atoms with Crippen LogP contribution in [0.4, 0.5) is 0 Å². The number of benzene rings is 1. The second-order valence-electron chi connectivity index (χ2n) is 6.14. The maximum atomic E-state index is 12.9. The van der Waals surface area contributed by atoms with Crippen molar-refractivity contribution < 1.29 is 8.95 Å². The van der Waals surface area contributed by atoms with Gasteiger partial charge in [0.1, 0.15) is 12.4 Å². The molecule has 20 heavy (non-hydrogen) atoms. The van der Waals surface area contributed by atoms with Crippen molar-refractivity contribution in [2.45, 2.75) is 49.1 Å². The normalized spacial score (nSPS) is 34.9. The van der Waals surface area contributed by atoms with Crippen LogP contribution in [0.15, 0.2) is 24.3 Å². The van der Waals surface area contributed by atoms with Crippen LogP contribution in [0.25, 0.3) is 0 Å². The lowest BCUT2D eigenvalue weighted by Gasteiger charge is -2.35. The Bertz CT molecular complexity index is 505. The summed E-state index contributed by atoms with van der Waals surface area (Å²) in [7, 11) is -0.901. The molecular formula is C16H23NO2S. The highest BCUT2D eigenvalue weighted by molar-refractivity contribution is 7.86. The van der Waals surface area contributed by atoms with Crippen molar-refractivity contribution in [3.63, 3.8) is 0 Å². The average molecular weight is 293 g/mol. The highest BCUT2D eigenvalue weighted by atomic mass is 32.2. The van der Waals surface area contributed by atoms with Crippen molar-refractivity contribution in [3.8, 4) is 5.75 Å². The molecular weight excluding hydrogens is 270 g/mol. The van der Waals surface area contributed by atoms with Gasteiger partial charge in [-0.3, -0.25) is 4.21 Å². The zero-order chi connectivity index (χ0) is 14.1. The molecule has 2 N–H and O–H groups in total. The van der Waals surface area contributed by atoms with Gasteiger partial charge in [-0.05, 0) is 24.8 Å². The van der Waals surface area contributed by atoms with Crippen LogP contribution >= 0.6 is 0 Å². The maximum Gasteiger partial charge on any atom is 0.124 e. The van der Waals surface area contributed by atoms with E-state index in [1.165, 1.54) is 12.8 Å². The standard InChI is InChI=1S/C16H23NO2S/c1-11-5-4-6-12(9-11)20(18)15-10-19-14-8-3-2-7-13(14)16(15)17/h2-3,7-8,11-12,15-16H,4-6,9-10,17H2,1H3. The van der Waals surface area contributed by atoms with E-state index in [4.69, 9.17) is 10.5 Å². The third-order valence-corrected chi connectivity index (χ3v) is 6.71. The molecule has 1 aliphatic carbocycles. The van der Waals surface area contributed by atoms with E-state index < -0.39 is 10.8 Å². The molecule has 0 radical (unpaired) electrons. The summed E-state index contributed by atoms with van der Waals surface area (Å²) in [4.78, 5) is 0. The molecule has 1 aromatic carbocycles. The highest BCUT2D eigenvalue weighted by Crippen LogP contribution is 2.36. The number of ether oxygens (including phenoxy) is 1. The molecule has 1 heterocycles. The second-order valence-corrected chi connectivity index (χ2v) is 8.06. The first kappa shape index (κ1) is 14.1. The summed E-state index contributed by atoms with van der Waals surface area (Å²) in [5.41, 5.74) is 7.36. The van der Waals surface area contributed by atoms with E-state index >= 15 is 0 Å². The minimum atomic E-state index is -0.901. The van der Waals surface area contributed by atoms with Crippen LogP contribution in [0.1, 0.15) is 44.2 Å². The summed E-state index contributed by atoms with van der Waals surface area (Å²) in [6, 6.07) is 7.68. The first-order valence-electron chi connectivity index (χ1n) is 7.53. The molecule has 1 fully saturated rings. The van der Waals surface area contributed by atoms with E-state index in [2.05, 4.69) is 6.92 Å². The Morgan fingerprint density at radius 3 is 2.90 bits per heavy atom. The molecule has 0 amide bonds. The SMILES string of the molecule is CC1CCCC(S(=O)C2COc3ccccc3C2N)C1. The maximum absolute atomic E-state index is 12.9. The quantitative estimate of drug-likeness (QED) is 0.912. The lowest BCUT2D eigenvalue weighted by molar-refractivity contribution is 0.271. The Hall–Kier alpha value is -0.870. The number of fused-ring (bicyclic) bond motifs is 1. The molecule has 0 saturated heterocycles. The molecule has 5 unspecified atom stereocenters. The molecule has 3 nitrogen and oxygen atoms in total. The Morgan fingerprint density at radius 1 is 1.30 bits per heavy atom. The molecule has 1 aromatic rings.